The number of nitrogens with two attached hydrogens (primary N) is 1. The molecule has 1 saturated carbocycles. The molecule has 18 heavy (non-hydrogen) atoms. The highest BCUT2D eigenvalue weighted by atomic mass is 32.1. The Morgan fingerprint density at radius 1 is 1.39 bits per heavy atom. The van der Waals surface area contributed by atoms with Crippen LogP contribution in [0.4, 0.5) is 11.5 Å². The van der Waals surface area contributed by atoms with Gasteiger partial charge in [0.2, 0.25) is 5.69 Å². The highest BCUT2D eigenvalue weighted by Gasteiger charge is 2.24. The molecule has 92 valence electrons. The fourth-order valence-corrected chi connectivity index (χ4v) is 2.92. The molecule has 0 unspecified atom stereocenters. The lowest BCUT2D eigenvalue weighted by Gasteiger charge is -2.24. The quantitative estimate of drug-likeness (QED) is 0.594. The van der Waals surface area contributed by atoms with Crippen molar-refractivity contribution in [2.75, 3.05) is 5.73 Å². The van der Waals surface area contributed by atoms with Gasteiger partial charge in [-0.25, -0.2) is 4.85 Å². The van der Waals surface area contributed by atoms with Crippen molar-refractivity contribution in [3.8, 4) is 6.07 Å². The summed E-state index contributed by atoms with van der Waals surface area (Å²) in [6, 6.07) is 2.13. The predicted molar refractivity (Wildman–Crippen MR) is 72.8 cm³/mol. The van der Waals surface area contributed by atoms with Crippen LogP contribution in [-0.4, -0.2) is 4.98 Å². The number of hydrogen-bond acceptors (Lipinski definition) is 3. The topological polar surface area (TPSA) is 70.0 Å². The second kappa shape index (κ2) is 5.20. The summed E-state index contributed by atoms with van der Waals surface area (Å²) in [5.74, 6) is 0.533. The van der Waals surface area contributed by atoms with Crippen LogP contribution in [-0.2, 0) is 0 Å². The van der Waals surface area contributed by atoms with Gasteiger partial charge in [-0.1, -0.05) is 31.5 Å². The van der Waals surface area contributed by atoms with Gasteiger partial charge in [-0.2, -0.15) is 5.26 Å². The summed E-state index contributed by atoms with van der Waals surface area (Å²) in [6.07, 6.45) is 5.52. The molecule has 0 aromatic carbocycles. The van der Waals surface area contributed by atoms with E-state index in [0.29, 0.717) is 15.9 Å². The van der Waals surface area contributed by atoms with Gasteiger partial charge >= 0.3 is 0 Å². The minimum atomic E-state index is 0.246. The molecule has 0 radical (unpaired) electrons. The minimum absolute atomic E-state index is 0.246. The molecule has 4 nitrogen and oxygen atoms in total. The Morgan fingerprint density at radius 3 is 2.61 bits per heavy atom. The van der Waals surface area contributed by atoms with Crippen molar-refractivity contribution in [3.63, 3.8) is 0 Å². The highest BCUT2D eigenvalue weighted by molar-refractivity contribution is 7.71. The molecule has 0 amide bonds. The Bertz CT molecular complexity index is 597. The van der Waals surface area contributed by atoms with Crippen molar-refractivity contribution >= 4 is 23.7 Å². The number of anilines is 1. The van der Waals surface area contributed by atoms with Crippen molar-refractivity contribution in [1.29, 1.82) is 5.26 Å². The number of nitrogens with zero attached hydrogens (tertiary/aromatic N) is 2. The van der Waals surface area contributed by atoms with E-state index in [2.05, 4.69) is 15.9 Å². The second-order valence-electron chi connectivity index (χ2n) is 4.56. The number of hydrogen-bond donors (Lipinski definition) is 2. The van der Waals surface area contributed by atoms with Gasteiger partial charge in [-0.05, 0) is 24.3 Å². The Kier molecular flexibility index (Phi) is 3.64. The average molecular weight is 258 g/mol. The predicted octanol–water partition coefficient (Wildman–Crippen LogP) is 3.80. The van der Waals surface area contributed by atoms with Crippen LogP contribution in [0.3, 0.4) is 0 Å². The normalized spacial score (nSPS) is 15.9. The molecule has 2 rings (SSSR count). The second-order valence-corrected chi connectivity index (χ2v) is 4.97. The molecular weight excluding hydrogens is 244 g/mol. The number of nitriles is 1. The summed E-state index contributed by atoms with van der Waals surface area (Å²) >= 11 is 5.14. The van der Waals surface area contributed by atoms with E-state index >= 15 is 0 Å². The van der Waals surface area contributed by atoms with Crippen molar-refractivity contribution in [1.82, 2.24) is 4.98 Å². The maximum absolute atomic E-state index is 9.26. The smallest absolute Gasteiger partial charge is 0.230 e. The Balaban J connectivity index is 2.66. The SMILES string of the molecule is [C-]#[N+]c1c(N)[nH]c(=S)c(C#N)c1C1CCCCC1. The maximum atomic E-state index is 9.26. The lowest BCUT2D eigenvalue weighted by molar-refractivity contribution is 0.444. The van der Waals surface area contributed by atoms with Crippen molar-refractivity contribution in [2.24, 2.45) is 0 Å². The first-order valence-electron chi connectivity index (χ1n) is 6.02. The minimum Gasteiger partial charge on any atom is -0.394 e. The summed E-state index contributed by atoms with van der Waals surface area (Å²) in [4.78, 5) is 6.24. The van der Waals surface area contributed by atoms with Crippen LogP contribution < -0.4 is 5.73 Å². The van der Waals surface area contributed by atoms with Crippen LogP contribution in [0.1, 0.15) is 49.1 Å². The van der Waals surface area contributed by atoms with E-state index in [4.69, 9.17) is 24.5 Å². The van der Waals surface area contributed by atoms with E-state index in [1.54, 1.807) is 0 Å². The van der Waals surface area contributed by atoms with E-state index in [9.17, 15) is 5.26 Å². The van der Waals surface area contributed by atoms with E-state index in [-0.39, 0.29) is 11.7 Å². The largest absolute Gasteiger partial charge is 0.394 e. The van der Waals surface area contributed by atoms with E-state index in [1.807, 2.05) is 0 Å². The fraction of sp³-hybridized carbons (Fsp3) is 0.462. The Hall–Kier alpha value is -1.85. The van der Waals surface area contributed by atoms with Crippen LogP contribution in [0.25, 0.3) is 4.85 Å². The van der Waals surface area contributed by atoms with Crippen LogP contribution in [0, 0.1) is 22.5 Å². The molecule has 1 aromatic rings. The summed E-state index contributed by atoms with van der Waals surface area (Å²) in [6.45, 7) is 7.27. The zero-order valence-corrected chi connectivity index (χ0v) is 10.8. The highest BCUT2D eigenvalue weighted by Crippen LogP contribution is 2.41. The third-order valence-electron chi connectivity index (χ3n) is 3.49. The number of nitrogens with one attached hydrogen (secondary N) is 1. The van der Waals surface area contributed by atoms with E-state index in [1.165, 1.54) is 6.42 Å². The molecule has 1 fully saturated rings. The van der Waals surface area contributed by atoms with Gasteiger partial charge in [-0.3, -0.25) is 0 Å². The molecule has 0 atom stereocenters. The van der Waals surface area contributed by atoms with Crippen molar-refractivity contribution < 1.29 is 0 Å². The van der Waals surface area contributed by atoms with Crippen LogP contribution in [0.2, 0.25) is 0 Å². The number of pyridine rings is 1. The van der Waals surface area contributed by atoms with Crippen molar-refractivity contribution in [2.45, 2.75) is 38.0 Å². The first-order valence-corrected chi connectivity index (χ1v) is 6.43. The number of aromatic nitrogens is 1. The molecule has 0 aliphatic heterocycles. The summed E-state index contributed by atoms with van der Waals surface area (Å²) in [5, 5.41) is 9.26. The molecule has 0 saturated heterocycles. The van der Waals surface area contributed by atoms with Gasteiger partial charge in [0.15, 0.2) is 0 Å². The zero-order chi connectivity index (χ0) is 13.1. The monoisotopic (exact) mass is 258 g/mol. The van der Waals surface area contributed by atoms with Crippen molar-refractivity contribution in [3.05, 3.63) is 27.2 Å². The number of H-pyrrole nitrogens is 1. The summed E-state index contributed by atoms with van der Waals surface area (Å²) in [7, 11) is 0. The van der Waals surface area contributed by atoms with Crippen LogP contribution >= 0.6 is 12.2 Å². The third-order valence-corrected chi connectivity index (χ3v) is 3.80. The summed E-state index contributed by atoms with van der Waals surface area (Å²) in [5.41, 5.74) is 7.40. The Labute approximate surface area is 111 Å². The molecule has 0 bridgehead atoms. The van der Waals surface area contributed by atoms with Gasteiger partial charge in [-0.15, -0.1) is 0 Å². The first-order chi connectivity index (χ1) is 8.69. The van der Waals surface area contributed by atoms with Crippen LogP contribution in [0.15, 0.2) is 0 Å². The van der Waals surface area contributed by atoms with Gasteiger partial charge in [0.05, 0.1) is 12.1 Å². The van der Waals surface area contributed by atoms with Gasteiger partial charge < -0.3 is 10.7 Å². The van der Waals surface area contributed by atoms with Gasteiger partial charge in [0, 0.05) is 0 Å². The Morgan fingerprint density at radius 2 is 2.06 bits per heavy atom. The molecule has 1 aliphatic rings. The van der Waals surface area contributed by atoms with Gasteiger partial charge in [0.25, 0.3) is 0 Å². The van der Waals surface area contributed by atoms with Crippen LogP contribution in [0.5, 0.6) is 0 Å². The molecule has 3 N–H and O–H groups in total. The average Bonchev–Trinajstić information content (AvgIpc) is 2.39. The number of nitrogen functional groups attached to an aromatic ring is 1. The zero-order valence-electron chi connectivity index (χ0n) is 9.99. The summed E-state index contributed by atoms with van der Waals surface area (Å²) < 4.78 is 0.350. The van der Waals surface area contributed by atoms with E-state index in [0.717, 1.165) is 31.2 Å². The molecule has 1 aliphatic carbocycles. The van der Waals surface area contributed by atoms with Gasteiger partial charge in [0.1, 0.15) is 16.5 Å². The number of rotatable bonds is 1. The lowest BCUT2D eigenvalue weighted by Crippen LogP contribution is -2.09. The lowest BCUT2D eigenvalue weighted by atomic mass is 9.82. The fourth-order valence-electron chi connectivity index (χ4n) is 2.65. The molecular formula is C13H14N4S. The van der Waals surface area contributed by atoms with E-state index < -0.39 is 0 Å². The molecule has 5 heteroatoms. The first kappa shape index (κ1) is 12.6. The molecule has 1 aromatic heterocycles. The molecule has 0 spiro atoms. The standard InChI is InChI=1S/C13H14N4S/c1-16-11-10(8-5-3-2-4-6-8)9(7-14)13(18)17-12(11)15/h8H,2-6H2,(H3,15,17,18). The third kappa shape index (κ3) is 2.10. The maximum Gasteiger partial charge on any atom is 0.230 e. The number of aromatic amines is 1. The molecule has 1 heterocycles.